The van der Waals surface area contributed by atoms with Crippen molar-refractivity contribution in [3.8, 4) is 0 Å². The van der Waals surface area contributed by atoms with Crippen LogP contribution in [0.5, 0.6) is 0 Å². The van der Waals surface area contributed by atoms with Crippen LogP contribution >= 0.6 is 0 Å². The summed E-state index contributed by atoms with van der Waals surface area (Å²) >= 11 is 0. The van der Waals surface area contributed by atoms with Gasteiger partial charge in [0.15, 0.2) is 0 Å². The lowest BCUT2D eigenvalue weighted by molar-refractivity contribution is 0.300. The summed E-state index contributed by atoms with van der Waals surface area (Å²) in [6.07, 6.45) is 0.566. The Labute approximate surface area is 71.1 Å². The first-order valence-electron chi connectivity index (χ1n) is 3.49. The van der Waals surface area contributed by atoms with E-state index in [1.54, 1.807) is 18.2 Å². The number of nitrogen functional groups attached to an aromatic ring is 2. The predicted octanol–water partition coefficient (Wildman–Crippen LogP) is -0.439. The lowest BCUT2D eigenvalue weighted by atomic mass is 10.1. The molecule has 0 saturated carbocycles. The predicted molar refractivity (Wildman–Crippen MR) is 49.7 cm³/mol. The number of rotatable bonds is 2. The number of aliphatic hydroxyl groups is 1. The summed E-state index contributed by atoms with van der Waals surface area (Å²) in [6, 6.07) is 5.28. The third-order valence-corrected chi connectivity index (χ3v) is 1.55. The van der Waals surface area contributed by atoms with E-state index in [0.29, 0.717) is 17.8 Å². The molecule has 0 aromatic heterocycles. The van der Waals surface area contributed by atoms with Gasteiger partial charge in [0.1, 0.15) is 0 Å². The Morgan fingerprint density at radius 3 is 2.50 bits per heavy atom. The van der Waals surface area contributed by atoms with Gasteiger partial charge in [-0.1, -0.05) is 0 Å². The maximum atomic E-state index is 8.64. The standard InChI is InChI=1S/C8H12N2O.H2O/c9-7-1-2-8(10)6(5-7)3-4-11;/h1-2,5,11H,3-4,9-10H2;1H2. The van der Waals surface area contributed by atoms with Crippen LogP contribution in [0.3, 0.4) is 0 Å². The first kappa shape index (κ1) is 10.7. The zero-order valence-corrected chi connectivity index (χ0v) is 6.75. The first-order valence-corrected chi connectivity index (χ1v) is 3.49. The summed E-state index contributed by atoms with van der Waals surface area (Å²) in [5.74, 6) is 0. The van der Waals surface area contributed by atoms with E-state index in [4.69, 9.17) is 16.6 Å². The second-order valence-electron chi connectivity index (χ2n) is 2.43. The number of nitrogens with two attached hydrogens (primary N) is 2. The van der Waals surface area contributed by atoms with Gasteiger partial charge in [0.2, 0.25) is 0 Å². The Hall–Kier alpha value is -1.26. The second kappa shape index (κ2) is 4.58. The number of hydrogen-bond acceptors (Lipinski definition) is 3. The van der Waals surface area contributed by atoms with Crippen LogP contribution in [0.4, 0.5) is 11.4 Å². The summed E-state index contributed by atoms with van der Waals surface area (Å²) in [7, 11) is 0. The topological polar surface area (TPSA) is 104 Å². The van der Waals surface area contributed by atoms with Crippen LogP contribution in [-0.4, -0.2) is 17.2 Å². The summed E-state index contributed by atoms with van der Waals surface area (Å²) < 4.78 is 0. The minimum atomic E-state index is 0. The molecule has 0 aliphatic heterocycles. The largest absolute Gasteiger partial charge is 0.412 e. The van der Waals surface area contributed by atoms with Crippen LogP contribution < -0.4 is 11.5 Å². The Balaban J connectivity index is 0.00000121. The zero-order chi connectivity index (χ0) is 8.27. The van der Waals surface area contributed by atoms with Gasteiger partial charge in [-0.25, -0.2) is 0 Å². The minimum absolute atomic E-state index is 0. The second-order valence-corrected chi connectivity index (χ2v) is 2.43. The Bertz CT molecular complexity index is 251. The van der Waals surface area contributed by atoms with E-state index in [0.717, 1.165) is 5.56 Å². The van der Waals surface area contributed by atoms with Crippen LogP contribution in [0.2, 0.25) is 0 Å². The zero-order valence-electron chi connectivity index (χ0n) is 6.75. The quantitative estimate of drug-likeness (QED) is 0.524. The highest BCUT2D eigenvalue weighted by molar-refractivity contribution is 5.55. The van der Waals surface area contributed by atoms with Gasteiger partial charge in [-0.05, 0) is 30.2 Å². The van der Waals surface area contributed by atoms with Gasteiger partial charge in [0.05, 0.1) is 0 Å². The van der Waals surface area contributed by atoms with E-state index >= 15 is 0 Å². The molecule has 0 amide bonds. The summed E-state index contributed by atoms with van der Waals surface area (Å²) in [5, 5.41) is 8.64. The molecule has 68 valence electrons. The first-order chi connectivity index (χ1) is 5.24. The molecule has 1 rings (SSSR count). The molecule has 0 aliphatic carbocycles. The van der Waals surface area contributed by atoms with Crippen LogP contribution in [-0.2, 0) is 6.42 Å². The highest BCUT2D eigenvalue weighted by Crippen LogP contribution is 2.15. The molecular weight excluding hydrogens is 156 g/mol. The van der Waals surface area contributed by atoms with Crippen molar-refractivity contribution in [1.82, 2.24) is 0 Å². The maximum absolute atomic E-state index is 8.64. The van der Waals surface area contributed by atoms with Crippen molar-refractivity contribution in [1.29, 1.82) is 0 Å². The minimum Gasteiger partial charge on any atom is -0.412 e. The van der Waals surface area contributed by atoms with E-state index in [-0.39, 0.29) is 12.1 Å². The average Bonchev–Trinajstić information content (AvgIpc) is 1.98. The van der Waals surface area contributed by atoms with E-state index < -0.39 is 0 Å². The molecule has 4 nitrogen and oxygen atoms in total. The van der Waals surface area contributed by atoms with Crippen molar-refractivity contribution in [3.05, 3.63) is 23.8 Å². The third kappa shape index (κ3) is 2.41. The molecule has 0 aliphatic rings. The normalized spacial score (nSPS) is 9.08. The van der Waals surface area contributed by atoms with Gasteiger partial charge in [-0.3, -0.25) is 0 Å². The van der Waals surface area contributed by atoms with E-state index in [2.05, 4.69) is 0 Å². The summed E-state index contributed by atoms with van der Waals surface area (Å²) in [4.78, 5) is 0. The number of hydrogen-bond donors (Lipinski definition) is 3. The van der Waals surface area contributed by atoms with Gasteiger partial charge in [-0.15, -0.1) is 0 Å². The molecule has 7 N–H and O–H groups in total. The molecular formula is C8H14N2O2. The van der Waals surface area contributed by atoms with Gasteiger partial charge in [0.25, 0.3) is 0 Å². The molecule has 0 radical (unpaired) electrons. The van der Waals surface area contributed by atoms with Gasteiger partial charge >= 0.3 is 0 Å². The lowest BCUT2D eigenvalue weighted by Gasteiger charge is -2.03. The Morgan fingerprint density at radius 1 is 1.25 bits per heavy atom. The molecule has 0 bridgehead atoms. The van der Waals surface area contributed by atoms with Crippen molar-refractivity contribution < 1.29 is 10.6 Å². The molecule has 0 spiro atoms. The van der Waals surface area contributed by atoms with Crippen molar-refractivity contribution in [2.45, 2.75) is 6.42 Å². The highest BCUT2D eigenvalue weighted by atomic mass is 16.2. The van der Waals surface area contributed by atoms with Crippen molar-refractivity contribution >= 4 is 11.4 Å². The summed E-state index contributed by atoms with van der Waals surface area (Å²) in [6.45, 7) is 0.105. The molecule has 0 unspecified atom stereocenters. The molecule has 0 heterocycles. The fourth-order valence-corrected chi connectivity index (χ4v) is 0.963. The third-order valence-electron chi connectivity index (χ3n) is 1.55. The SMILES string of the molecule is Nc1ccc(N)c(CCO)c1.O. The number of benzene rings is 1. The van der Waals surface area contributed by atoms with Gasteiger partial charge < -0.3 is 22.1 Å². The number of anilines is 2. The average molecular weight is 170 g/mol. The van der Waals surface area contributed by atoms with Crippen molar-refractivity contribution in [2.24, 2.45) is 0 Å². The molecule has 0 fully saturated rings. The Morgan fingerprint density at radius 2 is 1.92 bits per heavy atom. The number of aliphatic hydroxyl groups excluding tert-OH is 1. The molecule has 0 saturated heterocycles. The van der Waals surface area contributed by atoms with E-state index in [9.17, 15) is 0 Å². The molecule has 4 heteroatoms. The van der Waals surface area contributed by atoms with E-state index in [1.807, 2.05) is 0 Å². The van der Waals surface area contributed by atoms with Crippen molar-refractivity contribution in [3.63, 3.8) is 0 Å². The molecule has 1 aromatic rings. The van der Waals surface area contributed by atoms with E-state index in [1.165, 1.54) is 0 Å². The van der Waals surface area contributed by atoms with Crippen LogP contribution in [0.1, 0.15) is 5.56 Å². The fourth-order valence-electron chi connectivity index (χ4n) is 0.963. The van der Waals surface area contributed by atoms with Crippen LogP contribution in [0.25, 0.3) is 0 Å². The smallest absolute Gasteiger partial charge is 0.0472 e. The molecule has 12 heavy (non-hydrogen) atoms. The van der Waals surface area contributed by atoms with Crippen molar-refractivity contribution in [2.75, 3.05) is 18.1 Å². The maximum Gasteiger partial charge on any atom is 0.0472 e. The van der Waals surface area contributed by atoms with Gasteiger partial charge in [0, 0.05) is 18.0 Å². The van der Waals surface area contributed by atoms with Crippen LogP contribution in [0, 0.1) is 0 Å². The van der Waals surface area contributed by atoms with Gasteiger partial charge in [-0.2, -0.15) is 0 Å². The summed E-state index contributed by atoms with van der Waals surface area (Å²) in [5.41, 5.74) is 13.4. The Kier molecular flexibility index (Phi) is 4.10. The monoisotopic (exact) mass is 170 g/mol. The molecule has 0 atom stereocenters. The van der Waals surface area contributed by atoms with Crippen LogP contribution in [0.15, 0.2) is 18.2 Å². The molecule has 1 aromatic carbocycles. The fraction of sp³-hybridized carbons (Fsp3) is 0.250. The highest BCUT2D eigenvalue weighted by Gasteiger charge is 1.97. The lowest BCUT2D eigenvalue weighted by Crippen LogP contribution is -1.98.